The molecule has 0 radical (unpaired) electrons. The van der Waals surface area contributed by atoms with Crippen LogP contribution in [0.15, 0.2) is 66.7 Å². The predicted octanol–water partition coefficient (Wildman–Crippen LogP) is 7.90. The molecule has 0 N–H and O–H groups in total. The number of carbonyl (C=O) groups is 2. The fourth-order valence-corrected chi connectivity index (χ4v) is 11.1. The van der Waals surface area contributed by atoms with Crippen LogP contribution in [0.4, 0.5) is 0 Å². The summed E-state index contributed by atoms with van der Waals surface area (Å²) in [5.41, 5.74) is 7.34. The Morgan fingerprint density at radius 3 is 2.14 bits per heavy atom. The van der Waals surface area contributed by atoms with E-state index in [4.69, 9.17) is 9.47 Å². The smallest absolute Gasteiger partial charge is 0.317 e. The Morgan fingerprint density at radius 1 is 0.744 bits per heavy atom. The normalized spacial score (nSPS) is 34.2. The van der Waals surface area contributed by atoms with Gasteiger partial charge in [0.05, 0.1) is 17.9 Å². The second kappa shape index (κ2) is 9.55. The molecule has 4 heteroatoms. The lowest BCUT2D eigenvalue weighted by Gasteiger charge is -2.60. The fourth-order valence-electron chi connectivity index (χ4n) is 11.1. The van der Waals surface area contributed by atoms with Crippen molar-refractivity contribution < 1.29 is 19.1 Å². The first-order valence-electron chi connectivity index (χ1n) is 16.7. The van der Waals surface area contributed by atoms with Crippen molar-refractivity contribution in [3.05, 3.63) is 100 Å². The Labute approximate surface area is 254 Å². The molecule has 4 fully saturated rings. The van der Waals surface area contributed by atoms with Gasteiger partial charge in [-0.25, -0.2) is 0 Å². The van der Waals surface area contributed by atoms with Gasteiger partial charge in [-0.05, 0) is 122 Å². The Morgan fingerprint density at radius 2 is 1.42 bits per heavy atom. The standard InChI is InChI=1S/C39H40O4/c40-36(33-17-32-28-11-3-5-13-30(28)35(33)31-14-6-4-12-29(31)32)42-23-38-18-24-16-25(19-38)21-39(20-24,22-38)37(41)43-34-15-7-9-26-8-1-2-10-27(26)34/h3-7,9,11-15,24-25,32-33,35H,1-2,8,10,16-23H2. The largest absolute Gasteiger partial charge is 0.465 e. The second-order valence-corrected chi connectivity index (χ2v) is 15.0. The Balaban J connectivity index is 0.953. The molecular weight excluding hydrogens is 532 g/mol. The van der Waals surface area contributed by atoms with E-state index in [1.54, 1.807) is 0 Å². The number of benzene rings is 3. The van der Waals surface area contributed by atoms with Crippen LogP contribution in [-0.4, -0.2) is 18.5 Å². The molecule has 220 valence electrons. The van der Waals surface area contributed by atoms with Crippen molar-refractivity contribution in [2.75, 3.05) is 6.61 Å². The Kier molecular flexibility index (Phi) is 5.78. The summed E-state index contributed by atoms with van der Waals surface area (Å²) in [5.74, 6) is 1.87. The van der Waals surface area contributed by atoms with E-state index in [0.717, 1.165) is 63.5 Å². The minimum Gasteiger partial charge on any atom is -0.465 e. The second-order valence-electron chi connectivity index (χ2n) is 15.0. The highest BCUT2D eigenvalue weighted by atomic mass is 16.5. The summed E-state index contributed by atoms with van der Waals surface area (Å²) in [6.45, 7) is 0.436. The number of carbonyl (C=O) groups excluding carboxylic acids is 2. The number of aryl methyl sites for hydroxylation is 1. The molecule has 0 aromatic heterocycles. The van der Waals surface area contributed by atoms with Crippen molar-refractivity contribution in [3.63, 3.8) is 0 Å². The molecule has 3 aromatic rings. The molecule has 0 amide bonds. The average Bonchev–Trinajstić information content (AvgIpc) is 3.03. The predicted molar refractivity (Wildman–Crippen MR) is 164 cm³/mol. The summed E-state index contributed by atoms with van der Waals surface area (Å²) in [6, 6.07) is 23.6. The summed E-state index contributed by atoms with van der Waals surface area (Å²) in [4.78, 5) is 28.0. The third-order valence-electron chi connectivity index (χ3n) is 12.3. The van der Waals surface area contributed by atoms with E-state index in [2.05, 4.69) is 54.6 Å². The lowest BCUT2D eigenvalue weighted by atomic mass is 9.44. The van der Waals surface area contributed by atoms with Gasteiger partial charge in [-0.15, -0.1) is 0 Å². The molecule has 8 aliphatic carbocycles. The quantitative estimate of drug-likeness (QED) is 0.230. The maximum atomic E-state index is 14.1. The van der Waals surface area contributed by atoms with Gasteiger partial charge in [-0.1, -0.05) is 60.7 Å². The molecule has 4 nitrogen and oxygen atoms in total. The zero-order chi connectivity index (χ0) is 28.8. The summed E-state index contributed by atoms with van der Waals surface area (Å²) in [5, 5.41) is 0. The third kappa shape index (κ3) is 4.01. The van der Waals surface area contributed by atoms with Crippen molar-refractivity contribution in [1.29, 1.82) is 0 Å². The van der Waals surface area contributed by atoms with Crippen LogP contribution < -0.4 is 4.74 Å². The highest BCUT2D eigenvalue weighted by Crippen LogP contribution is 2.66. The minimum absolute atomic E-state index is 0.0333. The molecule has 3 aromatic carbocycles. The molecule has 11 rings (SSSR count). The number of fused-ring (bicyclic) bond motifs is 2. The van der Waals surface area contributed by atoms with Crippen LogP contribution in [0.25, 0.3) is 0 Å². The van der Waals surface area contributed by atoms with Crippen LogP contribution in [0.3, 0.4) is 0 Å². The van der Waals surface area contributed by atoms with Crippen LogP contribution in [-0.2, 0) is 27.2 Å². The molecule has 0 saturated heterocycles. The maximum Gasteiger partial charge on any atom is 0.317 e. The van der Waals surface area contributed by atoms with Crippen molar-refractivity contribution in [1.82, 2.24) is 0 Å². The maximum absolute atomic E-state index is 14.1. The molecule has 3 atom stereocenters. The lowest BCUT2D eigenvalue weighted by molar-refractivity contribution is -0.183. The van der Waals surface area contributed by atoms with Crippen molar-refractivity contribution in [3.8, 4) is 5.75 Å². The topological polar surface area (TPSA) is 52.6 Å². The average molecular weight is 573 g/mol. The number of esters is 2. The van der Waals surface area contributed by atoms with Crippen molar-refractivity contribution >= 4 is 11.9 Å². The highest BCUT2D eigenvalue weighted by molar-refractivity contribution is 5.81. The SMILES string of the molecule is O=C(OCC12CC3CC(C1)CC(C(=O)Oc1cccc4c1CCCC4)(C3)C2)C1CC2c3ccccc3C1c1ccccc12. The zero-order valence-electron chi connectivity index (χ0n) is 24.9. The number of rotatable bonds is 5. The summed E-state index contributed by atoms with van der Waals surface area (Å²) < 4.78 is 12.7. The van der Waals surface area contributed by atoms with Gasteiger partial charge < -0.3 is 9.47 Å². The molecule has 0 spiro atoms. The highest BCUT2D eigenvalue weighted by Gasteiger charge is 2.62. The van der Waals surface area contributed by atoms with Gasteiger partial charge in [0.15, 0.2) is 0 Å². The van der Waals surface area contributed by atoms with Gasteiger partial charge in [0, 0.05) is 17.3 Å². The minimum atomic E-state index is -0.449. The van der Waals surface area contributed by atoms with Gasteiger partial charge in [-0.2, -0.15) is 0 Å². The molecule has 0 aliphatic heterocycles. The van der Waals surface area contributed by atoms with E-state index in [1.807, 2.05) is 12.1 Å². The first kappa shape index (κ1) is 26.0. The van der Waals surface area contributed by atoms with E-state index in [1.165, 1.54) is 46.2 Å². The Hall–Kier alpha value is -3.40. The van der Waals surface area contributed by atoms with Gasteiger partial charge in [0.2, 0.25) is 0 Å². The Bertz CT molecular complexity index is 1570. The fraction of sp³-hybridized carbons (Fsp3) is 0.487. The molecule has 43 heavy (non-hydrogen) atoms. The zero-order valence-corrected chi connectivity index (χ0v) is 24.9. The lowest BCUT2D eigenvalue weighted by Crippen LogP contribution is -2.57. The molecule has 8 aliphatic rings. The molecule has 6 bridgehead atoms. The van der Waals surface area contributed by atoms with Gasteiger partial charge in [0.25, 0.3) is 0 Å². The first-order valence-corrected chi connectivity index (χ1v) is 16.7. The number of ether oxygens (including phenoxy) is 2. The van der Waals surface area contributed by atoms with Crippen LogP contribution in [0.2, 0.25) is 0 Å². The number of hydrogen-bond donors (Lipinski definition) is 0. The van der Waals surface area contributed by atoms with Gasteiger partial charge in [-0.3, -0.25) is 9.59 Å². The van der Waals surface area contributed by atoms with Crippen LogP contribution in [0.1, 0.15) is 103 Å². The molecular formula is C39H40O4. The van der Waals surface area contributed by atoms with Gasteiger partial charge in [0.1, 0.15) is 5.75 Å². The van der Waals surface area contributed by atoms with E-state index < -0.39 is 5.41 Å². The van der Waals surface area contributed by atoms with Gasteiger partial charge >= 0.3 is 11.9 Å². The van der Waals surface area contributed by atoms with E-state index in [9.17, 15) is 9.59 Å². The summed E-state index contributed by atoms with van der Waals surface area (Å²) in [6.07, 6.45) is 11.2. The van der Waals surface area contributed by atoms with Crippen LogP contribution in [0.5, 0.6) is 5.75 Å². The molecule has 0 heterocycles. The van der Waals surface area contributed by atoms with Crippen molar-refractivity contribution in [2.45, 2.75) is 82.5 Å². The van der Waals surface area contributed by atoms with Crippen molar-refractivity contribution in [2.24, 2.45) is 28.6 Å². The first-order chi connectivity index (χ1) is 21.0. The molecule has 4 saturated carbocycles. The van der Waals surface area contributed by atoms with Crippen LogP contribution >= 0.6 is 0 Å². The van der Waals surface area contributed by atoms with E-state index in [0.29, 0.717) is 18.4 Å². The third-order valence-corrected chi connectivity index (χ3v) is 12.3. The van der Waals surface area contributed by atoms with E-state index in [-0.39, 0.29) is 35.1 Å². The monoisotopic (exact) mass is 572 g/mol. The summed E-state index contributed by atoms with van der Waals surface area (Å²) >= 11 is 0. The molecule has 3 unspecified atom stereocenters. The van der Waals surface area contributed by atoms with Crippen LogP contribution in [0, 0.1) is 28.6 Å². The number of hydrogen-bond acceptors (Lipinski definition) is 4. The van der Waals surface area contributed by atoms with E-state index >= 15 is 0 Å². The summed E-state index contributed by atoms with van der Waals surface area (Å²) in [7, 11) is 0.